The minimum atomic E-state index is -2.97. The van der Waals surface area contributed by atoms with Gasteiger partial charge in [-0.1, -0.05) is 0 Å². The standard InChI is InChI=1S/C10H10BrF2NO3/c1-2-16-9(15)5-3-4-6(17-10(12)13)8(14)7(5)11/h3-4,10H,2,14H2,1H3. The SMILES string of the molecule is CCOC(=O)c1ccc(OC(F)F)c(N)c1Br. The molecule has 0 saturated heterocycles. The average molecular weight is 310 g/mol. The van der Waals surface area contributed by atoms with E-state index >= 15 is 0 Å². The van der Waals surface area contributed by atoms with E-state index < -0.39 is 12.6 Å². The number of esters is 1. The molecule has 1 aromatic rings. The summed E-state index contributed by atoms with van der Waals surface area (Å²) in [6.07, 6.45) is 0. The molecule has 4 nitrogen and oxygen atoms in total. The first kappa shape index (κ1) is 13.7. The van der Waals surface area contributed by atoms with E-state index in [0.717, 1.165) is 0 Å². The van der Waals surface area contributed by atoms with Crippen LogP contribution >= 0.6 is 15.9 Å². The monoisotopic (exact) mass is 309 g/mol. The highest BCUT2D eigenvalue weighted by molar-refractivity contribution is 9.10. The van der Waals surface area contributed by atoms with Crippen molar-refractivity contribution in [1.29, 1.82) is 0 Å². The zero-order valence-electron chi connectivity index (χ0n) is 8.88. The maximum Gasteiger partial charge on any atom is 0.387 e. The minimum Gasteiger partial charge on any atom is -0.462 e. The van der Waals surface area contributed by atoms with Gasteiger partial charge >= 0.3 is 12.6 Å². The topological polar surface area (TPSA) is 61.5 Å². The van der Waals surface area contributed by atoms with Gasteiger partial charge in [0.2, 0.25) is 0 Å². The van der Waals surface area contributed by atoms with Crippen molar-refractivity contribution in [3.63, 3.8) is 0 Å². The molecule has 17 heavy (non-hydrogen) atoms. The molecule has 0 unspecified atom stereocenters. The number of hydrogen-bond acceptors (Lipinski definition) is 4. The molecule has 0 fully saturated rings. The molecule has 0 aliphatic carbocycles. The molecule has 0 spiro atoms. The van der Waals surface area contributed by atoms with Gasteiger partial charge in [-0.15, -0.1) is 0 Å². The second-order valence-electron chi connectivity index (χ2n) is 2.94. The predicted octanol–water partition coefficient (Wildman–Crippen LogP) is 2.81. The summed E-state index contributed by atoms with van der Waals surface area (Å²) in [6, 6.07) is 2.49. The third-order valence-corrected chi connectivity index (χ3v) is 2.71. The van der Waals surface area contributed by atoms with E-state index in [4.69, 9.17) is 10.5 Å². The molecule has 0 saturated carbocycles. The summed E-state index contributed by atoms with van der Waals surface area (Å²) in [5.74, 6) is -0.783. The third kappa shape index (κ3) is 3.29. The van der Waals surface area contributed by atoms with Crippen molar-refractivity contribution < 1.29 is 23.0 Å². The fourth-order valence-corrected chi connectivity index (χ4v) is 1.63. The number of alkyl halides is 2. The van der Waals surface area contributed by atoms with Crippen LogP contribution < -0.4 is 10.5 Å². The summed E-state index contributed by atoms with van der Waals surface area (Å²) in [7, 11) is 0. The van der Waals surface area contributed by atoms with Gasteiger partial charge in [-0.25, -0.2) is 4.79 Å². The quantitative estimate of drug-likeness (QED) is 0.686. The zero-order chi connectivity index (χ0) is 13.0. The van der Waals surface area contributed by atoms with Gasteiger partial charge in [0.1, 0.15) is 5.75 Å². The Morgan fingerprint density at radius 3 is 2.71 bits per heavy atom. The van der Waals surface area contributed by atoms with Crippen LogP contribution in [0.25, 0.3) is 0 Å². The Morgan fingerprint density at radius 1 is 1.53 bits per heavy atom. The number of anilines is 1. The van der Waals surface area contributed by atoms with Crippen molar-refractivity contribution in [2.24, 2.45) is 0 Å². The number of nitrogen functional groups attached to an aromatic ring is 1. The van der Waals surface area contributed by atoms with Crippen molar-refractivity contribution in [3.8, 4) is 5.75 Å². The van der Waals surface area contributed by atoms with Gasteiger partial charge < -0.3 is 15.2 Å². The van der Waals surface area contributed by atoms with E-state index in [-0.39, 0.29) is 28.1 Å². The molecule has 0 radical (unpaired) electrons. The van der Waals surface area contributed by atoms with Crippen LogP contribution in [-0.4, -0.2) is 19.2 Å². The highest BCUT2D eigenvalue weighted by Crippen LogP contribution is 2.34. The zero-order valence-corrected chi connectivity index (χ0v) is 10.5. The highest BCUT2D eigenvalue weighted by Gasteiger charge is 2.17. The second kappa shape index (κ2) is 5.81. The van der Waals surface area contributed by atoms with Gasteiger partial charge in [0.05, 0.1) is 22.3 Å². The Balaban J connectivity index is 3.06. The molecule has 1 rings (SSSR count). The summed E-state index contributed by atoms with van der Waals surface area (Å²) < 4.78 is 33.2. The molecule has 0 amide bonds. The first-order chi connectivity index (χ1) is 7.97. The summed E-state index contributed by atoms with van der Waals surface area (Å²) >= 11 is 3.04. The largest absolute Gasteiger partial charge is 0.462 e. The lowest BCUT2D eigenvalue weighted by atomic mass is 10.2. The maximum absolute atomic E-state index is 12.0. The average Bonchev–Trinajstić information content (AvgIpc) is 2.24. The van der Waals surface area contributed by atoms with Crippen molar-refractivity contribution in [2.75, 3.05) is 12.3 Å². The highest BCUT2D eigenvalue weighted by atomic mass is 79.9. The van der Waals surface area contributed by atoms with Gasteiger partial charge in [0, 0.05) is 0 Å². The van der Waals surface area contributed by atoms with E-state index in [9.17, 15) is 13.6 Å². The molecule has 0 aliphatic rings. The lowest BCUT2D eigenvalue weighted by molar-refractivity contribution is -0.0493. The normalized spacial score (nSPS) is 10.4. The Morgan fingerprint density at radius 2 is 2.18 bits per heavy atom. The molecular weight excluding hydrogens is 300 g/mol. The first-order valence-electron chi connectivity index (χ1n) is 4.67. The molecule has 0 aliphatic heterocycles. The molecular formula is C10H10BrF2NO3. The molecule has 7 heteroatoms. The Kier molecular flexibility index (Phi) is 4.68. The number of carbonyl (C=O) groups excluding carboxylic acids is 1. The van der Waals surface area contributed by atoms with Gasteiger partial charge in [-0.05, 0) is 35.0 Å². The number of hydrogen-bond donors (Lipinski definition) is 1. The van der Waals surface area contributed by atoms with Crippen LogP contribution in [0.15, 0.2) is 16.6 Å². The summed E-state index contributed by atoms with van der Waals surface area (Å²) in [6.45, 7) is -1.11. The van der Waals surface area contributed by atoms with Gasteiger partial charge in [0.15, 0.2) is 0 Å². The first-order valence-corrected chi connectivity index (χ1v) is 5.46. The summed E-state index contributed by atoms with van der Waals surface area (Å²) in [4.78, 5) is 11.5. The molecule has 2 N–H and O–H groups in total. The Bertz CT molecular complexity index is 426. The Labute approximate surface area is 105 Å². The minimum absolute atomic E-state index is 0.0733. The van der Waals surface area contributed by atoms with Crippen molar-refractivity contribution in [3.05, 3.63) is 22.2 Å². The lowest BCUT2D eigenvalue weighted by Crippen LogP contribution is -2.09. The number of benzene rings is 1. The van der Waals surface area contributed by atoms with E-state index in [0.29, 0.717) is 0 Å². The molecule has 1 aromatic carbocycles. The number of carbonyl (C=O) groups is 1. The van der Waals surface area contributed by atoms with Gasteiger partial charge in [-0.3, -0.25) is 0 Å². The summed E-state index contributed by atoms with van der Waals surface area (Å²) in [5.41, 5.74) is 5.64. The third-order valence-electron chi connectivity index (χ3n) is 1.85. The van der Waals surface area contributed by atoms with Crippen LogP contribution in [0.3, 0.4) is 0 Å². The second-order valence-corrected chi connectivity index (χ2v) is 3.73. The fraction of sp³-hybridized carbons (Fsp3) is 0.300. The van der Waals surface area contributed by atoms with Gasteiger partial charge in [-0.2, -0.15) is 8.78 Å². The van der Waals surface area contributed by atoms with Crippen molar-refractivity contribution >= 4 is 27.6 Å². The van der Waals surface area contributed by atoms with E-state index in [1.807, 2.05) is 0 Å². The summed E-state index contributed by atoms with van der Waals surface area (Å²) in [5, 5.41) is 0. The Hall–Kier alpha value is -1.37. The number of nitrogens with two attached hydrogens (primary N) is 1. The van der Waals surface area contributed by atoms with Crippen LogP contribution in [0.1, 0.15) is 17.3 Å². The van der Waals surface area contributed by atoms with Crippen LogP contribution in [0.4, 0.5) is 14.5 Å². The van der Waals surface area contributed by atoms with Crippen LogP contribution in [0.5, 0.6) is 5.75 Å². The van der Waals surface area contributed by atoms with Crippen LogP contribution in [-0.2, 0) is 4.74 Å². The van der Waals surface area contributed by atoms with Crippen molar-refractivity contribution in [2.45, 2.75) is 13.5 Å². The van der Waals surface area contributed by atoms with E-state index in [1.54, 1.807) is 6.92 Å². The number of ether oxygens (including phenoxy) is 2. The van der Waals surface area contributed by atoms with E-state index in [1.165, 1.54) is 12.1 Å². The smallest absolute Gasteiger partial charge is 0.387 e. The lowest BCUT2D eigenvalue weighted by Gasteiger charge is -2.11. The number of halogens is 3. The molecule has 94 valence electrons. The van der Waals surface area contributed by atoms with Gasteiger partial charge in [0.25, 0.3) is 0 Å². The van der Waals surface area contributed by atoms with Crippen molar-refractivity contribution in [1.82, 2.24) is 0 Å². The van der Waals surface area contributed by atoms with Crippen LogP contribution in [0, 0.1) is 0 Å². The molecule has 0 heterocycles. The predicted molar refractivity (Wildman–Crippen MR) is 61.1 cm³/mol. The molecule has 0 bridgehead atoms. The molecule has 0 atom stereocenters. The fourth-order valence-electron chi connectivity index (χ4n) is 1.14. The molecule has 0 aromatic heterocycles. The van der Waals surface area contributed by atoms with Crippen LogP contribution in [0.2, 0.25) is 0 Å². The number of rotatable bonds is 4. The maximum atomic E-state index is 12.0. The van der Waals surface area contributed by atoms with E-state index in [2.05, 4.69) is 20.7 Å².